The highest BCUT2D eigenvalue weighted by Crippen LogP contribution is 2.44. The van der Waals surface area contributed by atoms with E-state index in [1.54, 1.807) is 0 Å². The summed E-state index contributed by atoms with van der Waals surface area (Å²) in [5, 5.41) is 15.0. The van der Waals surface area contributed by atoms with Gasteiger partial charge in [-0.25, -0.2) is 0 Å². The fraction of sp³-hybridized carbons (Fsp3) is 0. The van der Waals surface area contributed by atoms with E-state index in [0.717, 1.165) is 50.1 Å². The second-order valence-corrected chi connectivity index (χ2v) is 16.8. The van der Waals surface area contributed by atoms with Crippen LogP contribution < -0.4 is 4.90 Å². The van der Waals surface area contributed by atoms with Crippen LogP contribution >= 0.6 is 0 Å². The van der Waals surface area contributed by atoms with Crippen LogP contribution in [0.3, 0.4) is 0 Å². The predicted molar refractivity (Wildman–Crippen MR) is 266 cm³/mol. The molecule has 0 radical (unpaired) electrons. The number of hydrogen-bond acceptors (Lipinski definition) is 2. The predicted octanol–water partition coefficient (Wildman–Crippen LogP) is 17.0. The van der Waals surface area contributed by atoms with Crippen molar-refractivity contribution in [1.82, 2.24) is 4.40 Å². The lowest BCUT2D eigenvalue weighted by Gasteiger charge is -2.26. The van der Waals surface area contributed by atoms with Crippen LogP contribution in [-0.2, 0) is 0 Å². The van der Waals surface area contributed by atoms with Crippen LogP contribution in [0, 0.1) is 0 Å². The molecule has 0 aliphatic heterocycles. The molecule has 0 unspecified atom stereocenters. The zero-order valence-electron chi connectivity index (χ0n) is 34.1. The minimum absolute atomic E-state index is 0.901. The monoisotopic (exact) mass is 800 g/mol. The third-order valence-corrected chi connectivity index (χ3v) is 13.5. The Hall–Kier alpha value is -8.40. The van der Waals surface area contributed by atoms with Gasteiger partial charge in [0.25, 0.3) is 0 Å². The van der Waals surface area contributed by atoms with E-state index in [4.69, 9.17) is 4.42 Å². The van der Waals surface area contributed by atoms with E-state index in [9.17, 15) is 0 Å². The van der Waals surface area contributed by atoms with Crippen LogP contribution in [0.5, 0.6) is 0 Å². The Morgan fingerprint density at radius 3 is 1.43 bits per heavy atom. The molecule has 0 saturated heterocycles. The quantitative estimate of drug-likeness (QED) is 0.162. The first kappa shape index (κ1) is 34.3. The molecule has 0 N–H and O–H groups in total. The first-order valence-corrected chi connectivity index (χ1v) is 21.7. The Bertz CT molecular complexity index is 4100. The zero-order valence-corrected chi connectivity index (χ0v) is 34.1. The van der Waals surface area contributed by atoms with Crippen LogP contribution in [0.1, 0.15) is 0 Å². The molecule has 3 aromatic heterocycles. The average molecular weight is 801 g/mol. The molecule has 0 spiro atoms. The fourth-order valence-electron chi connectivity index (χ4n) is 10.6. The zero-order chi connectivity index (χ0) is 41.2. The summed E-state index contributed by atoms with van der Waals surface area (Å²) in [6.45, 7) is 0. The van der Waals surface area contributed by atoms with Gasteiger partial charge in [0.05, 0.1) is 16.6 Å². The number of aromatic nitrogens is 1. The molecule has 0 aliphatic rings. The molecule has 0 saturated carbocycles. The molecule has 3 heteroatoms. The molecule has 11 aromatic carbocycles. The second-order valence-electron chi connectivity index (χ2n) is 16.8. The van der Waals surface area contributed by atoms with Crippen molar-refractivity contribution >= 4 is 109 Å². The minimum atomic E-state index is 0.901. The number of nitrogens with zero attached hydrogens (tertiary/aromatic N) is 2. The van der Waals surface area contributed by atoms with Gasteiger partial charge in [0, 0.05) is 49.4 Å². The maximum absolute atomic E-state index is 6.28. The Morgan fingerprint density at radius 1 is 0.270 bits per heavy atom. The number of anilines is 3. The largest absolute Gasteiger partial charge is 0.456 e. The molecule has 0 aliphatic carbocycles. The van der Waals surface area contributed by atoms with Crippen molar-refractivity contribution in [2.75, 3.05) is 4.90 Å². The van der Waals surface area contributed by atoms with E-state index in [-0.39, 0.29) is 0 Å². The third-order valence-electron chi connectivity index (χ3n) is 13.5. The summed E-state index contributed by atoms with van der Waals surface area (Å²) < 4.78 is 8.72. The van der Waals surface area contributed by atoms with E-state index in [1.165, 1.54) is 81.5 Å². The van der Waals surface area contributed by atoms with Gasteiger partial charge in [0.1, 0.15) is 11.2 Å². The molecule has 0 bridgehead atoms. The summed E-state index contributed by atoms with van der Waals surface area (Å²) in [5.41, 5.74) is 13.5. The van der Waals surface area contributed by atoms with Crippen molar-refractivity contribution in [3.63, 3.8) is 0 Å². The smallest absolute Gasteiger partial charge is 0.136 e. The van der Waals surface area contributed by atoms with E-state index in [1.807, 2.05) is 12.1 Å². The third kappa shape index (κ3) is 5.02. The summed E-state index contributed by atoms with van der Waals surface area (Å²) in [7, 11) is 0. The second kappa shape index (κ2) is 13.1. The maximum atomic E-state index is 6.28. The van der Waals surface area contributed by atoms with Crippen LogP contribution in [0.4, 0.5) is 17.1 Å². The molecule has 3 nitrogen and oxygen atoms in total. The topological polar surface area (TPSA) is 20.8 Å². The van der Waals surface area contributed by atoms with Crippen LogP contribution in [0.2, 0.25) is 0 Å². The highest BCUT2D eigenvalue weighted by molar-refractivity contribution is 6.26. The van der Waals surface area contributed by atoms with Crippen molar-refractivity contribution in [2.24, 2.45) is 0 Å². The molecule has 3 heterocycles. The van der Waals surface area contributed by atoms with Gasteiger partial charge in [-0.1, -0.05) is 146 Å². The van der Waals surface area contributed by atoms with Gasteiger partial charge < -0.3 is 13.7 Å². The van der Waals surface area contributed by atoms with Crippen molar-refractivity contribution in [2.45, 2.75) is 0 Å². The summed E-state index contributed by atoms with van der Waals surface area (Å²) in [4.78, 5) is 2.39. The number of furan rings is 1. The van der Waals surface area contributed by atoms with Crippen molar-refractivity contribution < 1.29 is 4.42 Å². The maximum Gasteiger partial charge on any atom is 0.136 e. The lowest BCUT2D eigenvalue weighted by Crippen LogP contribution is -2.10. The number of fused-ring (bicyclic) bond motifs is 15. The van der Waals surface area contributed by atoms with Gasteiger partial charge >= 0.3 is 0 Å². The van der Waals surface area contributed by atoms with Gasteiger partial charge in [-0.3, -0.25) is 0 Å². The first-order chi connectivity index (χ1) is 31.2. The lowest BCUT2D eigenvalue weighted by molar-refractivity contribution is 0.669. The number of para-hydroxylation sites is 3. The van der Waals surface area contributed by atoms with Gasteiger partial charge in [-0.05, 0) is 127 Å². The number of hydrogen-bond donors (Lipinski definition) is 0. The van der Waals surface area contributed by atoms with Gasteiger partial charge in [0.2, 0.25) is 0 Å². The first-order valence-electron chi connectivity index (χ1n) is 21.7. The van der Waals surface area contributed by atoms with Crippen LogP contribution in [0.15, 0.2) is 223 Å². The molecule has 0 fully saturated rings. The molecule has 14 aromatic rings. The molecular formula is C60H36N2O. The van der Waals surface area contributed by atoms with Gasteiger partial charge in [-0.15, -0.1) is 0 Å². The van der Waals surface area contributed by atoms with Crippen molar-refractivity contribution in [3.05, 3.63) is 218 Å². The van der Waals surface area contributed by atoms with Crippen molar-refractivity contribution in [1.29, 1.82) is 0 Å². The van der Waals surface area contributed by atoms with Crippen molar-refractivity contribution in [3.8, 4) is 22.3 Å². The standard InChI is InChI=1S/C60H36N2O/c1-2-12-46-44(10-1)45-11-3-4-13-47(45)54-36-43(30-32-48(46)54)61(42-28-22-38(23-29-42)40-24-31-51-50-15-6-8-19-58(50)63-59(51)35-40)41-26-20-37(21-27-41)39-25-33-57-55(34-39)53-17-9-16-52-49-14-5-7-18-56(49)62(57)60(52)53/h1-36H. The SMILES string of the molecule is c1ccc2c(c1)oc1cc(-c3ccc(N(c4ccc(-c5ccc6c(c5)c5cccc7c8ccccc8n6c75)cc4)c4ccc5c6ccccc6c6ccccc6c5c4)cc3)ccc12. The summed E-state index contributed by atoms with van der Waals surface area (Å²) in [6, 6.07) is 79.8. The van der Waals surface area contributed by atoms with E-state index in [2.05, 4.69) is 216 Å². The van der Waals surface area contributed by atoms with Crippen LogP contribution in [0.25, 0.3) is 115 Å². The molecule has 0 amide bonds. The molecule has 0 atom stereocenters. The summed E-state index contributed by atoms with van der Waals surface area (Å²) in [5.74, 6) is 0. The van der Waals surface area contributed by atoms with Gasteiger partial charge in [0.15, 0.2) is 0 Å². The fourth-order valence-corrected chi connectivity index (χ4v) is 10.6. The molecular weight excluding hydrogens is 765 g/mol. The highest BCUT2D eigenvalue weighted by atomic mass is 16.3. The highest BCUT2D eigenvalue weighted by Gasteiger charge is 2.19. The van der Waals surface area contributed by atoms with Gasteiger partial charge in [-0.2, -0.15) is 0 Å². The Morgan fingerprint density at radius 2 is 0.730 bits per heavy atom. The number of benzene rings is 11. The molecule has 292 valence electrons. The summed E-state index contributed by atoms with van der Waals surface area (Å²) in [6.07, 6.45) is 0. The molecule has 63 heavy (non-hydrogen) atoms. The normalized spacial score (nSPS) is 12.1. The number of rotatable bonds is 5. The molecule has 14 rings (SSSR count). The Kier molecular flexibility index (Phi) is 7.11. The Labute approximate surface area is 362 Å². The summed E-state index contributed by atoms with van der Waals surface area (Å²) >= 11 is 0. The van der Waals surface area contributed by atoms with E-state index in [0.29, 0.717) is 0 Å². The Balaban J connectivity index is 0.902. The average Bonchev–Trinajstić information content (AvgIpc) is 4.01. The van der Waals surface area contributed by atoms with Crippen LogP contribution in [-0.4, -0.2) is 4.40 Å². The lowest BCUT2D eigenvalue weighted by atomic mass is 9.94. The van der Waals surface area contributed by atoms with E-state index < -0.39 is 0 Å². The van der Waals surface area contributed by atoms with E-state index >= 15 is 0 Å². The minimum Gasteiger partial charge on any atom is -0.456 e.